The molecule has 1 aliphatic rings. The first-order valence-electron chi connectivity index (χ1n) is 6.92. The van der Waals surface area contributed by atoms with Crippen LogP contribution < -0.4 is 0 Å². The highest BCUT2D eigenvalue weighted by Crippen LogP contribution is 2.54. The van der Waals surface area contributed by atoms with Gasteiger partial charge in [0, 0.05) is 0 Å². The smallest absolute Gasteiger partial charge is 0.167 e. The molecule has 1 heterocycles. The van der Waals surface area contributed by atoms with E-state index in [1.807, 2.05) is 65.6 Å². The molecule has 3 rings (SSSR count). The number of aliphatic hydroxyl groups is 1. The van der Waals surface area contributed by atoms with E-state index in [1.54, 1.807) is 0 Å². The summed E-state index contributed by atoms with van der Waals surface area (Å²) in [5.74, 6) is 2.64. The zero-order chi connectivity index (χ0) is 15.6. The Kier molecular flexibility index (Phi) is 4.21. The average Bonchev–Trinajstić information content (AvgIpc) is 2.81. The summed E-state index contributed by atoms with van der Waals surface area (Å²) in [6.45, 7) is 0.376. The van der Waals surface area contributed by atoms with Gasteiger partial charge >= 0.3 is 0 Å². The van der Waals surface area contributed by atoms with Crippen molar-refractivity contribution < 1.29 is 5.11 Å². The zero-order valence-corrected chi connectivity index (χ0v) is 13.5. The number of hydrogen-bond acceptors (Lipinski definition) is 3. The number of benzene rings is 2. The van der Waals surface area contributed by atoms with E-state index < -0.39 is 4.93 Å². The van der Waals surface area contributed by atoms with Crippen molar-refractivity contribution in [3.8, 4) is 12.3 Å². The van der Waals surface area contributed by atoms with Crippen LogP contribution in [0.15, 0.2) is 60.7 Å². The Bertz CT molecular complexity index is 711. The van der Waals surface area contributed by atoms with Crippen LogP contribution in [0, 0.1) is 12.3 Å². The van der Waals surface area contributed by atoms with Crippen LogP contribution in [0.2, 0.25) is 0 Å². The molecule has 2 nitrogen and oxygen atoms in total. The van der Waals surface area contributed by atoms with Crippen LogP contribution in [0.25, 0.3) is 0 Å². The summed E-state index contributed by atoms with van der Waals surface area (Å²) in [7, 11) is 0. The van der Waals surface area contributed by atoms with Crippen LogP contribution in [-0.4, -0.2) is 20.9 Å². The van der Waals surface area contributed by atoms with Gasteiger partial charge in [0.1, 0.15) is 4.32 Å². The van der Waals surface area contributed by atoms with Crippen molar-refractivity contribution in [1.29, 1.82) is 0 Å². The Morgan fingerprint density at radius 2 is 1.73 bits per heavy atom. The molecule has 110 valence electrons. The molecule has 0 bridgehead atoms. The largest absolute Gasteiger partial charge is 0.372 e. The monoisotopic (exact) mass is 325 g/mol. The molecule has 1 aliphatic heterocycles. The van der Waals surface area contributed by atoms with E-state index in [4.69, 9.17) is 18.6 Å². The van der Waals surface area contributed by atoms with E-state index in [1.165, 1.54) is 11.8 Å². The highest BCUT2D eigenvalue weighted by atomic mass is 32.2. The van der Waals surface area contributed by atoms with Gasteiger partial charge < -0.3 is 10.0 Å². The molecule has 4 heteroatoms. The van der Waals surface area contributed by atoms with Gasteiger partial charge in [0.2, 0.25) is 0 Å². The maximum atomic E-state index is 11.4. The molecular formula is C18H15NOS2. The summed E-state index contributed by atoms with van der Waals surface area (Å²) >= 11 is 6.75. The van der Waals surface area contributed by atoms with Gasteiger partial charge in [-0.05, 0) is 11.1 Å². The van der Waals surface area contributed by atoms with E-state index in [2.05, 4.69) is 5.92 Å². The molecule has 2 aromatic carbocycles. The van der Waals surface area contributed by atoms with Gasteiger partial charge in [-0.25, -0.2) is 0 Å². The van der Waals surface area contributed by atoms with Gasteiger partial charge in [0.05, 0.1) is 12.6 Å². The van der Waals surface area contributed by atoms with Crippen LogP contribution in [-0.2, 0) is 4.93 Å². The minimum Gasteiger partial charge on any atom is -0.372 e. The Labute approximate surface area is 140 Å². The molecule has 0 radical (unpaired) electrons. The number of rotatable bonds is 3. The first-order chi connectivity index (χ1) is 10.7. The van der Waals surface area contributed by atoms with Crippen molar-refractivity contribution >= 4 is 28.3 Å². The summed E-state index contributed by atoms with van der Waals surface area (Å²) in [4.78, 5) is 0.777. The lowest BCUT2D eigenvalue weighted by atomic mass is 9.94. The predicted molar refractivity (Wildman–Crippen MR) is 95.2 cm³/mol. The lowest BCUT2D eigenvalue weighted by Gasteiger charge is -2.33. The maximum absolute atomic E-state index is 11.4. The minimum atomic E-state index is -1.14. The number of thiocarbonyl (C=S) groups is 1. The fourth-order valence-electron chi connectivity index (χ4n) is 2.75. The summed E-state index contributed by atoms with van der Waals surface area (Å²) in [6.07, 6.45) is 5.50. The third-order valence-electron chi connectivity index (χ3n) is 3.72. The van der Waals surface area contributed by atoms with Gasteiger partial charge in [-0.1, -0.05) is 90.6 Å². The molecule has 2 atom stereocenters. The van der Waals surface area contributed by atoms with Crippen molar-refractivity contribution in [2.45, 2.75) is 11.0 Å². The molecule has 0 aliphatic carbocycles. The fourth-order valence-corrected chi connectivity index (χ4v) is 4.49. The van der Waals surface area contributed by atoms with Crippen LogP contribution in [0.3, 0.4) is 0 Å². The molecule has 1 fully saturated rings. The van der Waals surface area contributed by atoms with Crippen molar-refractivity contribution in [2.24, 2.45) is 0 Å². The van der Waals surface area contributed by atoms with Crippen molar-refractivity contribution in [3.05, 3.63) is 71.8 Å². The topological polar surface area (TPSA) is 23.5 Å². The van der Waals surface area contributed by atoms with E-state index >= 15 is 0 Å². The Hall–Kier alpha value is -1.80. The highest BCUT2D eigenvalue weighted by Gasteiger charge is 2.51. The average molecular weight is 325 g/mol. The third kappa shape index (κ3) is 2.52. The molecule has 2 unspecified atom stereocenters. The van der Waals surface area contributed by atoms with Crippen molar-refractivity contribution in [3.63, 3.8) is 0 Å². The maximum Gasteiger partial charge on any atom is 0.167 e. The van der Waals surface area contributed by atoms with Gasteiger partial charge in [-0.15, -0.1) is 6.42 Å². The first kappa shape index (κ1) is 15.1. The number of terminal acetylenes is 1. The van der Waals surface area contributed by atoms with E-state index in [0.29, 0.717) is 10.9 Å². The van der Waals surface area contributed by atoms with Gasteiger partial charge in [-0.3, -0.25) is 0 Å². The quantitative estimate of drug-likeness (QED) is 0.689. The number of thioether (sulfide) groups is 1. The molecule has 0 saturated carbocycles. The Morgan fingerprint density at radius 3 is 2.32 bits per heavy atom. The third-order valence-corrected chi connectivity index (χ3v) is 5.39. The van der Waals surface area contributed by atoms with Crippen LogP contribution >= 0.6 is 24.0 Å². The summed E-state index contributed by atoms with van der Waals surface area (Å²) in [5, 5.41) is 11.4. The highest BCUT2D eigenvalue weighted by molar-refractivity contribution is 8.23. The first-order valence-corrected chi connectivity index (χ1v) is 8.15. The molecule has 0 spiro atoms. The number of hydrogen-bond donors (Lipinski definition) is 1. The molecule has 0 amide bonds. The zero-order valence-electron chi connectivity index (χ0n) is 11.8. The summed E-state index contributed by atoms with van der Waals surface area (Å²) < 4.78 is 0.623. The second-order valence-corrected chi connectivity index (χ2v) is 6.93. The molecule has 1 N–H and O–H groups in total. The van der Waals surface area contributed by atoms with Gasteiger partial charge in [0.15, 0.2) is 4.93 Å². The van der Waals surface area contributed by atoms with E-state index in [9.17, 15) is 5.11 Å². The van der Waals surface area contributed by atoms with Crippen LogP contribution in [0.1, 0.15) is 17.2 Å². The summed E-state index contributed by atoms with van der Waals surface area (Å²) in [6, 6.07) is 19.2. The van der Waals surface area contributed by atoms with Gasteiger partial charge in [0.25, 0.3) is 0 Å². The van der Waals surface area contributed by atoms with Crippen LogP contribution in [0.4, 0.5) is 0 Å². The number of nitrogens with zero attached hydrogens (tertiary/aromatic N) is 1. The van der Waals surface area contributed by atoms with Crippen LogP contribution in [0.5, 0.6) is 0 Å². The lowest BCUT2D eigenvalue weighted by molar-refractivity contribution is 0.0658. The minimum absolute atomic E-state index is 0.301. The lowest BCUT2D eigenvalue weighted by Crippen LogP contribution is -2.35. The molecule has 0 aromatic heterocycles. The van der Waals surface area contributed by atoms with Crippen molar-refractivity contribution in [2.75, 3.05) is 6.54 Å². The second kappa shape index (κ2) is 6.13. The Balaban J connectivity index is 2.13. The molecular weight excluding hydrogens is 310 g/mol. The Morgan fingerprint density at radius 1 is 1.14 bits per heavy atom. The normalized spacial score (nSPS) is 24.3. The summed E-state index contributed by atoms with van der Waals surface area (Å²) in [5.41, 5.74) is 1.83. The second-order valence-electron chi connectivity index (χ2n) is 5.08. The standard InChI is InChI=1S/C18H15NOS2/c1-2-13-19-16(14-9-5-3-6-10-14)18(20,22-17(19)21)15-11-7-4-8-12-15/h1,3-12,16,20H,13H2. The predicted octanol–water partition coefficient (Wildman–Crippen LogP) is 3.54. The van der Waals surface area contributed by atoms with Crippen molar-refractivity contribution in [1.82, 2.24) is 4.90 Å². The molecule has 1 saturated heterocycles. The van der Waals surface area contributed by atoms with Gasteiger partial charge in [-0.2, -0.15) is 0 Å². The molecule has 2 aromatic rings. The van der Waals surface area contributed by atoms with E-state index in [-0.39, 0.29) is 6.04 Å². The fraction of sp³-hybridized carbons (Fsp3) is 0.167. The van der Waals surface area contributed by atoms with E-state index in [0.717, 1.165) is 11.1 Å². The molecule has 22 heavy (non-hydrogen) atoms. The SMILES string of the molecule is C#CCN1C(=S)SC(O)(c2ccccc2)C1c1ccccc1.